The van der Waals surface area contributed by atoms with Crippen LogP contribution in [0.1, 0.15) is 5.56 Å². The zero-order valence-electron chi connectivity index (χ0n) is 10.4. The van der Waals surface area contributed by atoms with Crippen LogP contribution in [0.25, 0.3) is 22.8 Å². The lowest BCUT2D eigenvalue weighted by molar-refractivity contribution is 0.432. The third-order valence-corrected chi connectivity index (χ3v) is 2.80. The molecule has 3 aromatic rings. The van der Waals surface area contributed by atoms with Crippen LogP contribution in [0.5, 0.6) is 5.75 Å². The first-order valence-corrected chi connectivity index (χ1v) is 5.92. The summed E-state index contributed by atoms with van der Waals surface area (Å²) in [5.41, 5.74) is 2.75. The summed E-state index contributed by atoms with van der Waals surface area (Å²) in [6.07, 6.45) is 0. The largest absolute Gasteiger partial charge is 0.508 e. The standard InChI is InChI=1S/C15H12N2O2/c1-10-4-2-6-12(8-10)15-16-14(17-19-15)11-5-3-7-13(18)9-11/h2-9,18H,1H3. The molecule has 0 fully saturated rings. The number of nitrogens with zero attached hydrogens (tertiary/aromatic N) is 2. The van der Waals surface area contributed by atoms with E-state index in [4.69, 9.17) is 4.52 Å². The highest BCUT2D eigenvalue weighted by atomic mass is 16.5. The van der Waals surface area contributed by atoms with E-state index in [1.807, 2.05) is 37.3 Å². The van der Waals surface area contributed by atoms with E-state index in [0.717, 1.165) is 16.7 Å². The Kier molecular flexibility index (Phi) is 2.76. The molecule has 4 heteroatoms. The van der Waals surface area contributed by atoms with Crippen LogP contribution in [0.2, 0.25) is 0 Å². The van der Waals surface area contributed by atoms with Crippen molar-refractivity contribution in [3.05, 3.63) is 54.1 Å². The van der Waals surface area contributed by atoms with Crippen LogP contribution in [-0.4, -0.2) is 15.2 Å². The monoisotopic (exact) mass is 252 g/mol. The maximum absolute atomic E-state index is 9.45. The topological polar surface area (TPSA) is 59.2 Å². The molecule has 0 amide bonds. The van der Waals surface area contributed by atoms with Gasteiger partial charge < -0.3 is 9.63 Å². The molecule has 0 unspecified atom stereocenters. The van der Waals surface area contributed by atoms with Crippen molar-refractivity contribution in [2.45, 2.75) is 6.92 Å². The van der Waals surface area contributed by atoms with E-state index in [1.165, 1.54) is 0 Å². The minimum atomic E-state index is 0.180. The molecule has 0 atom stereocenters. The van der Waals surface area contributed by atoms with Crippen molar-refractivity contribution in [1.82, 2.24) is 10.1 Å². The number of rotatable bonds is 2. The number of hydrogen-bond acceptors (Lipinski definition) is 4. The molecule has 4 nitrogen and oxygen atoms in total. The second kappa shape index (κ2) is 4.57. The predicted octanol–water partition coefficient (Wildman–Crippen LogP) is 3.42. The fourth-order valence-electron chi connectivity index (χ4n) is 1.88. The summed E-state index contributed by atoms with van der Waals surface area (Å²) in [6, 6.07) is 14.6. The molecule has 0 saturated carbocycles. The molecule has 19 heavy (non-hydrogen) atoms. The lowest BCUT2D eigenvalue weighted by Crippen LogP contribution is -1.81. The van der Waals surface area contributed by atoms with E-state index in [0.29, 0.717) is 11.7 Å². The lowest BCUT2D eigenvalue weighted by atomic mass is 10.1. The highest BCUT2D eigenvalue weighted by Gasteiger charge is 2.10. The van der Waals surface area contributed by atoms with Crippen LogP contribution < -0.4 is 0 Å². The third-order valence-electron chi connectivity index (χ3n) is 2.80. The molecule has 94 valence electrons. The van der Waals surface area contributed by atoms with E-state index < -0.39 is 0 Å². The molecule has 1 heterocycles. The van der Waals surface area contributed by atoms with Gasteiger partial charge in [0, 0.05) is 11.1 Å². The molecule has 1 aromatic heterocycles. The van der Waals surface area contributed by atoms with Crippen LogP contribution in [0.4, 0.5) is 0 Å². The molecule has 2 aromatic carbocycles. The Morgan fingerprint density at radius 3 is 2.58 bits per heavy atom. The Hall–Kier alpha value is -2.62. The Balaban J connectivity index is 2.00. The summed E-state index contributed by atoms with van der Waals surface area (Å²) in [7, 11) is 0. The quantitative estimate of drug-likeness (QED) is 0.759. The van der Waals surface area contributed by atoms with Crippen molar-refractivity contribution in [2.75, 3.05) is 0 Å². The van der Waals surface area contributed by atoms with E-state index in [-0.39, 0.29) is 5.75 Å². The zero-order valence-corrected chi connectivity index (χ0v) is 10.4. The lowest BCUT2D eigenvalue weighted by Gasteiger charge is -1.96. The summed E-state index contributed by atoms with van der Waals surface area (Å²) >= 11 is 0. The summed E-state index contributed by atoms with van der Waals surface area (Å²) < 4.78 is 5.26. The molecule has 0 aliphatic carbocycles. The van der Waals surface area contributed by atoms with Gasteiger partial charge in [-0.2, -0.15) is 4.98 Å². The van der Waals surface area contributed by atoms with Crippen LogP contribution in [0.15, 0.2) is 53.1 Å². The first-order valence-electron chi connectivity index (χ1n) is 5.92. The summed E-state index contributed by atoms with van der Waals surface area (Å²) in [6.45, 7) is 2.01. The Labute approximate surface area is 110 Å². The second-order valence-electron chi connectivity index (χ2n) is 4.34. The normalized spacial score (nSPS) is 10.6. The average Bonchev–Trinajstić information content (AvgIpc) is 2.88. The number of phenols is 1. The van der Waals surface area contributed by atoms with Gasteiger partial charge in [-0.25, -0.2) is 0 Å². The number of benzene rings is 2. The summed E-state index contributed by atoms with van der Waals surface area (Å²) in [5, 5.41) is 13.4. The van der Waals surface area contributed by atoms with Crippen LogP contribution in [0.3, 0.4) is 0 Å². The van der Waals surface area contributed by atoms with E-state index >= 15 is 0 Å². The number of phenolic OH excluding ortho intramolecular Hbond substituents is 1. The molecule has 0 bridgehead atoms. The maximum atomic E-state index is 9.45. The molecule has 0 aliphatic heterocycles. The first kappa shape index (κ1) is 11.5. The minimum Gasteiger partial charge on any atom is -0.508 e. The number of aryl methyl sites for hydroxylation is 1. The molecule has 0 radical (unpaired) electrons. The van der Waals surface area contributed by atoms with E-state index in [2.05, 4.69) is 10.1 Å². The summed E-state index contributed by atoms with van der Waals surface area (Å²) in [5.74, 6) is 1.12. The predicted molar refractivity (Wildman–Crippen MR) is 71.6 cm³/mol. The van der Waals surface area contributed by atoms with Gasteiger partial charge in [0.2, 0.25) is 5.82 Å². The Bertz CT molecular complexity index is 659. The molecule has 3 rings (SSSR count). The smallest absolute Gasteiger partial charge is 0.258 e. The first-order chi connectivity index (χ1) is 9.22. The third kappa shape index (κ3) is 2.33. The molecule has 0 saturated heterocycles. The van der Waals surface area contributed by atoms with Gasteiger partial charge in [-0.05, 0) is 31.2 Å². The number of aromatic nitrogens is 2. The highest BCUT2D eigenvalue weighted by Crippen LogP contribution is 2.24. The van der Waals surface area contributed by atoms with Gasteiger partial charge in [0.1, 0.15) is 5.75 Å². The van der Waals surface area contributed by atoms with Crippen molar-refractivity contribution in [3.8, 4) is 28.6 Å². The van der Waals surface area contributed by atoms with E-state index in [9.17, 15) is 5.11 Å². The molecule has 1 N–H and O–H groups in total. The van der Waals surface area contributed by atoms with Crippen LogP contribution in [0, 0.1) is 6.92 Å². The summed E-state index contributed by atoms with van der Waals surface area (Å²) in [4.78, 5) is 4.34. The van der Waals surface area contributed by atoms with Crippen molar-refractivity contribution < 1.29 is 9.63 Å². The van der Waals surface area contributed by atoms with Gasteiger partial charge in [0.05, 0.1) is 0 Å². The number of aromatic hydroxyl groups is 1. The zero-order chi connectivity index (χ0) is 13.2. The fraction of sp³-hybridized carbons (Fsp3) is 0.0667. The van der Waals surface area contributed by atoms with Crippen LogP contribution >= 0.6 is 0 Å². The fourth-order valence-corrected chi connectivity index (χ4v) is 1.88. The van der Waals surface area contributed by atoms with Gasteiger partial charge in [-0.1, -0.05) is 35.0 Å². The van der Waals surface area contributed by atoms with E-state index in [1.54, 1.807) is 18.2 Å². The highest BCUT2D eigenvalue weighted by molar-refractivity contribution is 5.61. The molecular weight excluding hydrogens is 240 g/mol. The number of hydrogen-bond donors (Lipinski definition) is 1. The Morgan fingerprint density at radius 1 is 1.00 bits per heavy atom. The molecule has 0 aliphatic rings. The van der Waals surface area contributed by atoms with Gasteiger partial charge in [-0.15, -0.1) is 0 Å². The van der Waals surface area contributed by atoms with Gasteiger partial charge in [0.25, 0.3) is 5.89 Å². The van der Waals surface area contributed by atoms with Gasteiger partial charge in [-0.3, -0.25) is 0 Å². The molecular formula is C15H12N2O2. The van der Waals surface area contributed by atoms with Crippen molar-refractivity contribution in [3.63, 3.8) is 0 Å². The second-order valence-corrected chi connectivity index (χ2v) is 4.34. The SMILES string of the molecule is Cc1cccc(-c2nc(-c3cccc(O)c3)no2)c1. The molecule has 0 spiro atoms. The average molecular weight is 252 g/mol. The van der Waals surface area contributed by atoms with Gasteiger partial charge >= 0.3 is 0 Å². The Morgan fingerprint density at radius 2 is 1.79 bits per heavy atom. The van der Waals surface area contributed by atoms with Crippen molar-refractivity contribution >= 4 is 0 Å². The van der Waals surface area contributed by atoms with Crippen LogP contribution in [-0.2, 0) is 0 Å². The van der Waals surface area contributed by atoms with Crippen molar-refractivity contribution in [2.24, 2.45) is 0 Å². The maximum Gasteiger partial charge on any atom is 0.258 e. The van der Waals surface area contributed by atoms with Gasteiger partial charge in [0.15, 0.2) is 0 Å². The van der Waals surface area contributed by atoms with Crippen molar-refractivity contribution in [1.29, 1.82) is 0 Å². The minimum absolute atomic E-state index is 0.180.